The summed E-state index contributed by atoms with van der Waals surface area (Å²) in [5.74, 6) is 0. The quantitative estimate of drug-likeness (QED) is 0.850. The first-order valence-corrected chi connectivity index (χ1v) is 8.61. The number of aromatic nitrogens is 1. The first-order valence-electron chi connectivity index (χ1n) is 7.73. The van der Waals surface area contributed by atoms with E-state index in [0.29, 0.717) is 0 Å². The van der Waals surface area contributed by atoms with Gasteiger partial charge in [0, 0.05) is 44.0 Å². The molecule has 4 heteroatoms. The Labute approximate surface area is 136 Å². The molecule has 0 N–H and O–H groups in total. The van der Waals surface area contributed by atoms with Gasteiger partial charge in [-0.1, -0.05) is 44.2 Å². The van der Waals surface area contributed by atoms with Crippen molar-refractivity contribution in [3.8, 4) is 0 Å². The van der Waals surface area contributed by atoms with Crippen molar-refractivity contribution in [1.29, 1.82) is 0 Å². The van der Waals surface area contributed by atoms with E-state index in [1.54, 1.807) is 18.4 Å². The fourth-order valence-corrected chi connectivity index (χ4v) is 4.20. The van der Waals surface area contributed by atoms with Crippen molar-refractivity contribution < 1.29 is 9.47 Å². The van der Waals surface area contributed by atoms with Gasteiger partial charge < -0.3 is 9.47 Å². The smallest absolute Gasteiger partial charge is 0.125 e. The van der Waals surface area contributed by atoms with Gasteiger partial charge in [-0.2, -0.15) is 0 Å². The lowest BCUT2D eigenvalue weighted by atomic mass is 9.82. The zero-order valence-corrected chi connectivity index (χ0v) is 14.3. The highest BCUT2D eigenvalue weighted by atomic mass is 32.1. The molecular weight excluding hydrogens is 294 g/mol. The summed E-state index contributed by atoms with van der Waals surface area (Å²) in [6.07, 6.45) is 1.75. The molecule has 1 aromatic heterocycles. The number of rotatable bonds is 4. The highest BCUT2D eigenvalue weighted by Gasteiger charge is 2.38. The van der Waals surface area contributed by atoms with Crippen LogP contribution in [0, 0.1) is 0 Å². The van der Waals surface area contributed by atoms with E-state index in [4.69, 9.17) is 14.5 Å². The van der Waals surface area contributed by atoms with E-state index in [1.165, 1.54) is 5.56 Å². The molecule has 0 atom stereocenters. The standard InChI is InChI=1S/C18H23NO2S/c1-17(2,14-7-5-4-6-8-14)15-13-22-16(19-15)18(20-3)9-11-21-12-10-18/h4-8,13H,9-12H2,1-3H3. The van der Waals surface area contributed by atoms with Crippen LogP contribution in [0.1, 0.15) is 43.0 Å². The Bertz CT molecular complexity index is 615. The highest BCUT2D eigenvalue weighted by molar-refractivity contribution is 7.09. The van der Waals surface area contributed by atoms with Gasteiger partial charge in [-0.05, 0) is 5.56 Å². The molecule has 0 unspecified atom stereocenters. The summed E-state index contributed by atoms with van der Waals surface area (Å²) in [4.78, 5) is 4.96. The number of thiazole rings is 1. The lowest BCUT2D eigenvalue weighted by Gasteiger charge is -2.34. The zero-order valence-electron chi connectivity index (χ0n) is 13.5. The second-order valence-corrected chi connectivity index (χ2v) is 7.20. The zero-order chi connectivity index (χ0) is 15.6. The van der Waals surface area contributed by atoms with Crippen molar-refractivity contribution in [3.05, 3.63) is 52.0 Å². The minimum Gasteiger partial charge on any atom is -0.381 e. The van der Waals surface area contributed by atoms with Crippen LogP contribution in [0.2, 0.25) is 0 Å². The van der Waals surface area contributed by atoms with E-state index in [0.717, 1.165) is 36.8 Å². The van der Waals surface area contributed by atoms with Gasteiger partial charge in [-0.25, -0.2) is 4.98 Å². The molecule has 0 radical (unpaired) electrons. The highest BCUT2D eigenvalue weighted by Crippen LogP contribution is 2.40. The fraction of sp³-hybridized carbons (Fsp3) is 0.500. The van der Waals surface area contributed by atoms with Crippen molar-refractivity contribution >= 4 is 11.3 Å². The lowest BCUT2D eigenvalue weighted by molar-refractivity contribution is -0.0949. The van der Waals surface area contributed by atoms with Gasteiger partial charge in [0.1, 0.15) is 10.6 Å². The predicted octanol–water partition coefficient (Wildman–Crippen LogP) is 4.12. The molecule has 0 bridgehead atoms. The van der Waals surface area contributed by atoms with E-state index < -0.39 is 0 Å². The summed E-state index contributed by atoms with van der Waals surface area (Å²) in [7, 11) is 1.79. The third-order valence-corrected chi connectivity index (χ3v) is 5.75. The Balaban J connectivity index is 1.93. The largest absolute Gasteiger partial charge is 0.381 e. The van der Waals surface area contributed by atoms with Gasteiger partial charge in [0.2, 0.25) is 0 Å². The maximum Gasteiger partial charge on any atom is 0.125 e. The molecule has 22 heavy (non-hydrogen) atoms. The van der Waals surface area contributed by atoms with Crippen molar-refractivity contribution in [2.45, 2.75) is 37.7 Å². The number of hydrogen-bond acceptors (Lipinski definition) is 4. The molecule has 0 spiro atoms. The summed E-state index contributed by atoms with van der Waals surface area (Å²) >= 11 is 1.71. The van der Waals surface area contributed by atoms with Gasteiger partial charge in [-0.3, -0.25) is 0 Å². The second kappa shape index (κ2) is 6.11. The van der Waals surface area contributed by atoms with Crippen LogP contribution < -0.4 is 0 Å². The first-order chi connectivity index (χ1) is 10.6. The Morgan fingerprint density at radius 1 is 1.18 bits per heavy atom. The van der Waals surface area contributed by atoms with Gasteiger partial charge in [0.15, 0.2) is 0 Å². The molecule has 2 heterocycles. The SMILES string of the molecule is COC1(c2nc(C(C)(C)c3ccccc3)cs2)CCOCC1. The molecule has 2 aromatic rings. The number of ether oxygens (including phenoxy) is 2. The van der Waals surface area contributed by atoms with Gasteiger partial charge >= 0.3 is 0 Å². The minimum atomic E-state index is -0.270. The Hall–Kier alpha value is -1.23. The van der Waals surface area contributed by atoms with Crippen molar-refractivity contribution in [2.24, 2.45) is 0 Å². The van der Waals surface area contributed by atoms with Crippen LogP contribution in [0.5, 0.6) is 0 Å². The molecule has 1 saturated heterocycles. The van der Waals surface area contributed by atoms with E-state index >= 15 is 0 Å². The van der Waals surface area contributed by atoms with Gasteiger partial charge in [0.25, 0.3) is 0 Å². The molecule has 1 aromatic carbocycles. The van der Waals surface area contributed by atoms with Crippen LogP contribution >= 0.6 is 11.3 Å². The molecule has 3 nitrogen and oxygen atoms in total. The summed E-state index contributed by atoms with van der Waals surface area (Å²) in [5, 5.41) is 3.26. The molecule has 1 aliphatic heterocycles. The minimum absolute atomic E-state index is 0.101. The first kappa shape index (κ1) is 15.7. The van der Waals surface area contributed by atoms with Crippen LogP contribution in [-0.4, -0.2) is 25.3 Å². The Morgan fingerprint density at radius 2 is 1.86 bits per heavy atom. The van der Waals surface area contributed by atoms with Gasteiger partial charge in [0.05, 0.1) is 5.69 Å². The predicted molar refractivity (Wildman–Crippen MR) is 89.4 cm³/mol. The van der Waals surface area contributed by atoms with E-state index in [-0.39, 0.29) is 11.0 Å². The van der Waals surface area contributed by atoms with Crippen LogP contribution in [0.4, 0.5) is 0 Å². The summed E-state index contributed by atoms with van der Waals surface area (Å²) in [6.45, 7) is 5.94. The van der Waals surface area contributed by atoms with Crippen LogP contribution in [-0.2, 0) is 20.5 Å². The molecule has 0 amide bonds. The van der Waals surface area contributed by atoms with E-state index in [2.05, 4.69) is 43.5 Å². The summed E-state index contributed by atoms with van der Waals surface area (Å²) < 4.78 is 11.4. The van der Waals surface area contributed by atoms with Crippen LogP contribution in [0.15, 0.2) is 35.7 Å². The average Bonchev–Trinajstić information content (AvgIpc) is 3.08. The molecule has 1 fully saturated rings. The fourth-order valence-electron chi connectivity index (χ4n) is 2.98. The molecule has 1 aliphatic rings. The second-order valence-electron chi connectivity index (χ2n) is 6.34. The third-order valence-electron chi connectivity index (χ3n) is 4.72. The maximum atomic E-state index is 5.86. The number of nitrogens with zero attached hydrogens (tertiary/aromatic N) is 1. The molecule has 118 valence electrons. The van der Waals surface area contributed by atoms with E-state index in [9.17, 15) is 0 Å². The molecule has 0 aliphatic carbocycles. The Morgan fingerprint density at radius 3 is 2.50 bits per heavy atom. The molecule has 0 saturated carbocycles. The maximum absolute atomic E-state index is 5.86. The van der Waals surface area contributed by atoms with Crippen molar-refractivity contribution in [3.63, 3.8) is 0 Å². The molecule has 3 rings (SSSR count). The third kappa shape index (κ3) is 2.71. The van der Waals surface area contributed by atoms with E-state index in [1.807, 2.05) is 6.07 Å². The average molecular weight is 317 g/mol. The van der Waals surface area contributed by atoms with Crippen LogP contribution in [0.3, 0.4) is 0 Å². The van der Waals surface area contributed by atoms with Crippen LogP contribution in [0.25, 0.3) is 0 Å². The number of hydrogen-bond donors (Lipinski definition) is 0. The Kier molecular flexibility index (Phi) is 4.35. The van der Waals surface area contributed by atoms with Gasteiger partial charge in [-0.15, -0.1) is 11.3 Å². The van der Waals surface area contributed by atoms with Crippen molar-refractivity contribution in [2.75, 3.05) is 20.3 Å². The monoisotopic (exact) mass is 317 g/mol. The molecular formula is C18H23NO2S. The summed E-state index contributed by atoms with van der Waals surface area (Å²) in [6, 6.07) is 10.5. The number of methoxy groups -OCH3 is 1. The normalized spacial score (nSPS) is 18.3. The summed E-state index contributed by atoms with van der Waals surface area (Å²) in [5.41, 5.74) is 2.02. The van der Waals surface area contributed by atoms with Crippen molar-refractivity contribution in [1.82, 2.24) is 4.98 Å². The number of benzene rings is 1. The topological polar surface area (TPSA) is 31.4 Å². The lowest BCUT2D eigenvalue weighted by Crippen LogP contribution is -2.35.